The number of para-hydroxylation sites is 2. The van der Waals surface area contributed by atoms with E-state index >= 15 is 0 Å². The molecule has 23 heavy (non-hydrogen) atoms. The molecule has 118 valence electrons. The summed E-state index contributed by atoms with van der Waals surface area (Å²) in [6.45, 7) is 0. The predicted molar refractivity (Wildman–Crippen MR) is 78.4 cm³/mol. The average molecular weight is 321 g/mol. The maximum atomic E-state index is 13.3. The quantitative estimate of drug-likeness (QED) is 0.675. The monoisotopic (exact) mass is 321 g/mol. The molecule has 0 aliphatic carbocycles. The Morgan fingerprint density at radius 2 is 1.83 bits per heavy atom. The van der Waals surface area contributed by atoms with Crippen molar-refractivity contribution < 1.29 is 18.3 Å². The number of halogens is 3. The minimum absolute atomic E-state index is 0.0683. The van der Waals surface area contributed by atoms with Gasteiger partial charge in [-0.05, 0) is 30.3 Å². The number of hydrogen-bond donors (Lipinski definition) is 2. The number of nitrogen functional groups attached to an aromatic ring is 1. The first-order chi connectivity index (χ1) is 10.8. The molecule has 8 heteroatoms. The third-order valence-corrected chi connectivity index (χ3v) is 3.27. The van der Waals surface area contributed by atoms with E-state index in [9.17, 15) is 23.1 Å². The molecule has 0 aliphatic rings. The van der Waals surface area contributed by atoms with Crippen LogP contribution in [0.3, 0.4) is 0 Å². The Bertz CT molecular complexity index is 964. The van der Waals surface area contributed by atoms with E-state index in [0.29, 0.717) is 4.57 Å². The van der Waals surface area contributed by atoms with Gasteiger partial charge < -0.3 is 10.8 Å². The second kappa shape index (κ2) is 5.01. The first kappa shape index (κ1) is 14.9. The van der Waals surface area contributed by atoms with Crippen LogP contribution in [0.15, 0.2) is 47.3 Å². The highest BCUT2D eigenvalue weighted by Gasteiger charge is 2.38. The molecule has 0 fully saturated rings. The predicted octanol–water partition coefficient (Wildman–Crippen LogP) is 2.69. The molecule has 0 saturated carbocycles. The van der Waals surface area contributed by atoms with Crippen LogP contribution < -0.4 is 11.3 Å². The van der Waals surface area contributed by atoms with Gasteiger partial charge in [0, 0.05) is 5.69 Å². The summed E-state index contributed by atoms with van der Waals surface area (Å²) in [5, 5.41) is 9.76. The molecule has 1 aromatic heterocycles. The van der Waals surface area contributed by atoms with Crippen LogP contribution in [-0.4, -0.2) is 14.7 Å². The minimum Gasteiger partial charge on any atom is -0.506 e. The van der Waals surface area contributed by atoms with Gasteiger partial charge in [-0.2, -0.15) is 13.2 Å². The fourth-order valence-electron chi connectivity index (χ4n) is 2.27. The number of phenolic OH excluding ortho intramolecular Hbond substituents is 1. The highest BCUT2D eigenvalue weighted by Crippen LogP contribution is 2.32. The number of alkyl halides is 3. The molecule has 3 aromatic rings. The molecule has 5 nitrogen and oxygen atoms in total. The second-order valence-corrected chi connectivity index (χ2v) is 4.84. The second-order valence-electron chi connectivity index (χ2n) is 4.84. The standard InChI is InChI=1S/C15H10F3N3O2/c16-15(17,18)14-20-10-6-5-8(19)7-9(10)13(23)21(14)11-3-1-2-4-12(11)22/h1-7,22H,19H2. The smallest absolute Gasteiger partial charge is 0.450 e. The van der Waals surface area contributed by atoms with Gasteiger partial charge in [-0.1, -0.05) is 12.1 Å². The van der Waals surface area contributed by atoms with Gasteiger partial charge in [-0.15, -0.1) is 0 Å². The number of nitrogens with zero attached hydrogens (tertiary/aromatic N) is 2. The van der Waals surface area contributed by atoms with Gasteiger partial charge in [-0.25, -0.2) is 4.98 Å². The first-order valence-corrected chi connectivity index (χ1v) is 6.47. The van der Waals surface area contributed by atoms with Crippen LogP contribution in [0.1, 0.15) is 5.82 Å². The lowest BCUT2D eigenvalue weighted by Crippen LogP contribution is -2.28. The van der Waals surface area contributed by atoms with Gasteiger partial charge in [0.15, 0.2) is 0 Å². The summed E-state index contributed by atoms with van der Waals surface area (Å²) in [4.78, 5) is 16.1. The number of hydrogen-bond acceptors (Lipinski definition) is 4. The fraction of sp³-hybridized carbons (Fsp3) is 0.0667. The molecular formula is C15H10F3N3O2. The normalized spacial score (nSPS) is 11.8. The lowest BCUT2D eigenvalue weighted by Gasteiger charge is -2.16. The van der Waals surface area contributed by atoms with Gasteiger partial charge in [0.05, 0.1) is 16.6 Å². The van der Waals surface area contributed by atoms with Gasteiger partial charge in [-0.3, -0.25) is 9.36 Å². The molecular weight excluding hydrogens is 311 g/mol. The van der Waals surface area contributed by atoms with Crippen molar-refractivity contribution in [2.24, 2.45) is 0 Å². The molecule has 0 unspecified atom stereocenters. The van der Waals surface area contributed by atoms with E-state index in [4.69, 9.17) is 5.73 Å². The van der Waals surface area contributed by atoms with Crippen molar-refractivity contribution in [1.82, 2.24) is 9.55 Å². The van der Waals surface area contributed by atoms with Crippen LogP contribution in [-0.2, 0) is 6.18 Å². The molecule has 0 saturated heterocycles. The number of anilines is 1. The van der Waals surface area contributed by atoms with Crippen LogP contribution in [0.25, 0.3) is 16.6 Å². The fourth-order valence-corrected chi connectivity index (χ4v) is 2.27. The average Bonchev–Trinajstić information content (AvgIpc) is 2.48. The molecule has 1 heterocycles. The number of aromatic nitrogens is 2. The van der Waals surface area contributed by atoms with Crippen LogP contribution >= 0.6 is 0 Å². The third kappa shape index (κ3) is 2.48. The van der Waals surface area contributed by atoms with E-state index in [0.717, 1.165) is 0 Å². The van der Waals surface area contributed by atoms with Crippen LogP contribution in [0.4, 0.5) is 18.9 Å². The van der Waals surface area contributed by atoms with Crippen molar-refractivity contribution in [3.8, 4) is 11.4 Å². The number of nitrogens with two attached hydrogens (primary N) is 1. The van der Waals surface area contributed by atoms with Gasteiger partial charge >= 0.3 is 6.18 Å². The first-order valence-electron chi connectivity index (χ1n) is 6.47. The summed E-state index contributed by atoms with van der Waals surface area (Å²) in [5.74, 6) is -1.88. The summed E-state index contributed by atoms with van der Waals surface area (Å²) >= 11 is 0. The summed E-state index contributed by atoms with van der Waals surface area (Å²) in [6, 6.07) is 9.09. The Morgan fingerprint density at radius 3 is 2.48 bits per heavy atom. The number of rotatable bonds is 1. The van der Waals surface area contributed by atoms with Gasteiger partial charge in [0.25, 0.3) is 5.56 Å². The zero-order valence-electron chi connectivity index (χ0n) is 11.5. The van der Waals surface area contributed by atoms with E-state index in [2.05, 4.69) is 4.98 Å². The topological polar surface area (TPSA) is 81.1 Å². The van der Waals surface area contributed by atoms with Crippen LogP contribution in [0, 0.1) is 0 Å². The Balaban J connectivity index is 2.50. The SMILES string of the molecule is Nc1ccc2nc(C(F)(F)F)n(-c3ccccc3O)c(=O)c2c1. The molecule has 0 radical (unpaired) electrons. The molecule has 0 amide bonds. The van der Waals surface area contributed by atoms with Gasteiger partial charge in [0.1, 0.15) is 5.75 Å². The zero-order chi connectivity index (χ0) is 16.8. The van der Waals surface area contributed by atoms with Crippen molar-refractivity contribution >= 4 is 16.6 Å². The number of phenols is 1. The number of fused-ring (bicyclic) bond motifs is 1. The van der Waals surface area contributed by atoms with Crippen LogP contribution in [0.2, 0.25) is 0 Å². The van der Waals surface area contributed by atoms with E-state index in [1.165, 1.54) is 42.5 Å². The van der Waals surface area contributed by atoms with Crippen LogP contribution in [0.5, 0.6) is 5.75 Å². The Kier molecular flexibility index (Phi) is 3.24. The van der Waals surface area contributed by atoms with Crippen molar-refractivity contribution in [3.05, 3.63) is 58.6 Å². The summed E-state index contributed by atoms with van der Waals surface area (Å²) in [6.07, 6.45) is -4.88. The van der Waals surface area contributed by atoms with E-state index in [1.807, 2.05) is 0 Å². The lowest BCUT2D eigenvalue weighted by molar-refractivity contribution is -0.146. The molecule has 2 aromatic carbocycles. The number of aromatic hydroxyl groups is 1. The van der Waals surface area contributed by atoms with E-state index in [-0.39, 0.29) is 22.3 Å². The Hall–Kier alpha value is -3.03. The zero-order valence-corrected chi connectivity index (χ0v) is 11.5. The Morgan fingerprint density at radius 1 is 1.13 bits per heavy atom. The molecule has 3 rings (SSSR count). The number of benzene rings is 2. The lowest BCUT2D eigenvalue weighted by atomic mass is 10.2. The molecule has 3 N–H and O–H groups in total. The summed E-state index contributed by atoms with van der Waals surface area (Å²) in [5.41, 5.74) is 4.42. The van der Waals surface area contributed by atoms with Crippen molar-refractivity contribution in [2.75, 3.05) is 5.73 Å². The molecule has 0 spiro atoms. The summed E-state index contributed by atoms with van der Waals surface area (Å²) < 4.78 is 40.3. The largest absolute Gasteiger partial charge is 0.506 e. The van der Waals surface area contributed by atoms with E-state index < -0.39 is 23.3 Å². The maximum Gasteiger partial charge on any atom is 0.450 e. The van der Waals surface area contributed by atoms with Crippen molar-refractivity contribution in [2.45, 2.75) is 6.18 Å². The maximum absolute atomic E-state index is 13.3. The van der Waals surface area contributed by atoms with E-state index in [1.54, 1.807) is 0 Å². The molecule has 0 aliphatic heterocycles. The minimum atomic E-state index is -4.88. The highest BCUT2D eigenvalue weighted by molar-refractivity contribution is 5.81. The Labute approximate surface area is 127 Å². The van der Waals surface area contributed by atoms with Gasteiger partial charge in [0.2, 0.25) is 5.82 Å². The van der Waals surface area contributed by atoms with Crippen molar-refractivity contribution in [1.29, 1.82) is 0 Å². The molecule has 0 atom stereocenters. The van der Waals surface area contributed by atoms with Crippen molar-refractivity contribution in [3.63, 3.8) is 0 Å². The summed E-state index contributed by atoms with van der Waals surface area (Å²) in [7, 11) is 0. The molecule has 0 bridgehead atoms. The highest BCUT2D eigenvalue weighted by atomic mass is 19.4. The third-order valence-electron chi connectivity index (χ3n) is 3.27.